The number of hydrogen-bond acceptors (Lipinski definition) is 7. The summed E-state index contributed by atoms with van der Waals surface area (Å²) in [6, 6.07) is 8.93. The molecule has 0 aromatic heterocycles. The third-order valence-corrected chi connectivity index (χ3v) is 5.82. The van der Waals surface area contributed by atoms with Gasteiger partial charge in [0.25, 0.3) is 0 Å². The summed E-state index contributed by atoms with van der Waals surface area (Å²) < 4.78 is 68.6. The normalized spacial score (nSPS) is 11.6. The van der Waals surface area contributed by atoms with Gasteiger partial charge in [-0.1, -0.05) is 24.8 Å². The Bertz CT molecular complexity index is 1100. The van der Waals surface area contributed by atoms with Crippen molar-refractivity contribution in [2.75, 3.05) is 6.61 Å². The molecule has 30 heavy (non-hydrogen) atoms. The van der Waals surface area contributed by atoms with Crippen molar-refractivity contribution in [3.05, 3.63) is 66.8 Å². The topological polar surface area (TPSA) is 110 Å². The summed E-state index contributed by atoms with van der Waals surface area (Å²) in [4.78, 5) is 24.7. The van der Waals surface area contributed by atoms with Gasteiger partial charge < -0.3 is 14.0 Å². The van der Waals surface area contributed by atoms with E-state index in [9.17, 15) is 31.3 Å². The number of ether oxygens (including phenoxy) is 2. The van der Waals surface area contributed by atoms with Crippen molar-refractivity contribution in [3.63, 3.8) is 0 Å². The first-order valence-corrected chi connectivity index (χ1v) is 11.4. The minimum Gasteiger partial charge on any atom is -0.743 e. The highest BCUT2D eigenvalue weighted by atomic mass is 127. The molecule has 0 saturated heterocycles. The van der Waals surface area contributed by atoms with E-state index in [0.717, 1.165) is 5.56 Å². The van der Waals surface area contributed by atoms with Crippen LogP contribution >= 0.6 is 45.2 Å². The summed E-state index contributed by atoms with van der Waals surface area (Å²) in [5.74, 6) is -2.47. The van der Waals surface area contributed by atoms with E-state index >= 15 is 0 Å². The molecule has 12 heteroatoms. The van der Waals surface area contributed by atoms with Gasteiger partial charge in [0.2, 0.25) is 0 Å². The second-order valence-corrected chi connectivity index (χ2v) is 9.56. The third kappa shape index (κ3) is 5.95. The molecule has 7 nitrogen and oxygen atoms in total. The number of hydrogen-bond donors (Lipinski definition) is 0. The van der Waals surface area contributed by atoms with Gasteiger partial charge in [-0.25, -0.2) is 18.0 Å². The molecule has 2 aromatic carbocycles. The number of esters is 2. The molecule has 0 bridgehead atoms. The molecule has 2 rings (SSSR count). The Morgan fingerprint density at radius 1 is 1.13 bits per heavy atom. The lowest BCUT2D eigenvalue weighted by Crippen LogP contribution is -2.34. The van der Waals surface area contributed by atoms with Crippen LogP contribution in [0, 0.1) is 7.14 Å². The second-order valence-electron chi connectivity index (χ2n) is 5.65. The summed E-state index contributed by atoms with van der Waals surface area (Å²) >= 11 is 3.60. The van der Waals surface area contributed by atoms with Gasteiger partial charge in [-0.15, -0.1) is 0 Å². The van der Waals surface area contributed by atoms with Crippen LogP contribution in [-0.2, 0) is 14.9 Å². The van der Waals surface area contributed by atoms with Crippen LogP contribution in [0.1, 0.15) is 26.3 Å². The Kier molecular flexibility index (Phi) is 7.92. The quantitative estimate of drug-likeness (QED) is 0.190. The number of rotatable bonds is 7. The first-order valence-electron chi connectivity index (χ1n) is 7.80. The smallest absolute Gasteiger partial charge is 0.367 e. The molecule has 0 N–H and O–H groups in total. The molecule has 0 atom stereocenters. The van der Waals surface area contributed by atoms with Crippen molar-refractivity contribution >= 4 is 73.3 Å². The lowest BCUT2D eigenvalue weighted by Gasteiger charge is -2.20. The maximum Gasteiger partial charge on any atom is 0.367 e. The monoisotopic (exact) mass is 663 g/mol. The largest absolute Gasteiger partial charge is 0.743 e. The third-order valence-electron chi connectivity index (χ3n) is 3.54. The van der Waals surface area contributed by atoms with Crippen molar-refractivity contribution in [3.8, 4) is 5.75 Å². The van der Waals surface area contributed by atoms with E-state index in [1.165, 1.54) is 18.2 Å². The van der Waals surface area contributed by atoms with Crippen LogP contribution in [0.25, 0.3) is 6.08 Å². The molecule has 0 fully saturated rings. The molecule has 160 valence electrons. The van der Waals surface area contributed by atoms with Gasteiger partial charge >= 0.3 is 17.2 Å². The van der Waals surface area contributed by atoms with Crippen molar-refractivity contribution in [2.24, 2.45) is 0 Å². The van der Waals surface area contributed by atoms with Crippen molar-refractivity contribution in [1.82, 2.24) is 0 Å². The molecular formula is C18H11F2I2O7S-. The lowest BCUT2D eigenvalue weighted by molar-refractivity contribution is -0.0101. The minimum atomic E-state index is -6.02. The van der Waals surface area contributed by atoms with Crippen molar-refractivity contribution < 1.29 is 40.8 Å². The highest BCUT2D eigenvalue weighted by molar-refractivity contribution is 14.1. The Morgan fingerprint density at radius 2 is 1.73 bits per heavy atom. The van der Waals surface area contributed by atoms with Gasteiger partial charge in [0, 0.05) is 3.57 Å². The molecule has 0 spiro atoms. The standard InChI is InChI=1S/C18H12F2I2O7S/c1-2-10-3-5-11(6-4-10)16(23)29-15-13(7-12(21)8-14(15)22)17(24)28-9-18(19,20)30(25,26)27/h2-8H,1,9H2,(H,25,26,27)/p-1. The fourth-order valence-electron chi connectivity index (χ4n) is 2.02. The van der Waals surface area contributed by atoms with E-state index in [1.807, 2.05) is 22.6 Å². The second kappa shape index (κ2) is 9.65. The van der Waals surface area contributed by atoms with Crippen molar-refractivity contribution in [2.45, 2.75) is 5.25 Å². The summed E-state index contributed by atoms with van der Waals surface area (Å²) in [6.45, 7) is 1.62. The zero-order valence-electron chi connectivity index (χ0n) is 14.7. The van der Waals surface area contributed by atoms with Crippen LogP contribution in [-0.4, -0.2) is 36.8 Å². The molecule has 0 unspecified atom stereocenters. The number of carbonyl (C=O) groups excluding carboxylic acids is 2. The summed E-state index contributed by atoms with van der Waals surface area (Å²) in [6.07, 6.45) is 1.57. The maximum atomic E-state index is 13.3. The molecule has 0 aliphatic heterocycles. The lowest BCUT2D eigenvalue weighted by atomic mass is 10.1. The van der Waals surface area contributed by atoms with Crippen LogP contribution in [0.15, 0.2) is 43.0 Å². The van der Waals surface area contributed by atoms with E-state index in [2.05, 4.69) is 11.3 Å². The minimum absolute atomic E-state index is 0.151. The Labute approximate surface area is 197 Å². The van der Waals surface area contributed by atoms with E-state index in [1.54, 1.807) is 46.9 Å². The summed E-state index contributed by atoms with van der Waals surface area (Å²) in [5.41, 5.74) is 0.522. The fraction of sp³-hybridized carbons (Fsp3) is 0.111. The summed E-state index contributed by atoms with van der Waals surface area (Å²) in [5, 5.41) is -4.80. The predicted octanol–water partition coefficient (Wildman–Crippen LogP) is 4.05. The van der Waals surface area contributed by atoms with Gasteiger partial charge in [0.15, 0.2) is 22.5 Å². The van der Waals surface area contributed by atoms with Crippen LogP contribution in [0.4, 0.5) is 8.78 Å². The predicted molar refractivity (Wildman–Crippen MR) is 118 cm³/mol. The highest BCUT2D eigenvalue weighted by Gasteiger charge is 2.39. The Hall–Kier alpha value is -1.65. The average molecular weight is 663 g/mol. The molecule has 0 aliphatic carbocycles. The first-order chi connectivity index (χ1) is 13.9. The van der Waals surface area contributed by atoms with Crippen molar-refractivity contribution in [1.29, 1.82) is 0 Å². The van der Waals surface area contributed by atoms with Gasteiger partial charge in [0.1, 0.15) is 5.56 Å². The zero-order valence-corrected chi connectivity index (χ0v) is 19.9. The zero-order chi connectivity index (χ0) is 22.7. The number of alkyl halides is 2. The number of carbonyl (C=O) groups is 2. The van der Waals surface area contributed by atoms with E-state index in [0.29, 0.717) is 7.14 Å². The van der Waals surface area contributed by atoms with Gasteiger partial charge in [-0.05, 0) is 75.0 Å². The average Bonchev–Trinajstić information content (AvgIpc) is 2.67. The maximum absolute atomic E-state index is 13.3. The van der Waals surface area contributed by atoms with Gasteiger partial charge in [-0.2, -0.15) is 8.78 Å². The number of benzene rings is 2. The van der Waals surface area contributed by atoms with Crippen LogP contribution in [0.3, 0.4) is 0 Å². The number of halogens is 4. The molecule has 0 heterocycles. The van der Waals surface area contributed by atoms with Gasteiger partial charge in [-0.3, -0.25) is 0 Å². The van der Waals surface area contributed by atoms with Crippen LogP contribution < -0.4 is 4.74 Å². The van der Waals surface area contributed by atoms with Gasteiger partial charge in [0.05, 0.1) is 9.13 Å². The van der Waals surface area contributed by atoms with E-state index < -0.39 is 33.9 Å². The van der Waals surface area contributed by atoms with E-state index in [-0.39, 0.29) is 16.9 Å². The first kappa shape index (κ1) is 24.6. The molecular weight excluding hydrogens is 652 g/mol. The summed E-state index contributed by atoms with van der Waals surface area (Å²) in [7, 11) is -6.02. The molecule has 0 radical (unpaired) electrons. The van der Waals surface area contributed by atoms with Crippen LogP contribution in [0.2, 0.25) is 0 Å². The molecule has 0 aliphatic rings. The Balaban J connectivity index is 2.31. The highest BCUT2D eigenvalue weighted by Crippen LogP contribution is 2.31. The van der Waals surface area contributed by atoms with Crippen LogP contribution in [0.5, 0.6) is 5.75 Å². The molecule has 0 saturated carbocycles. The fourth-order valence-corrected chi connectivity index (χ4v) is 4.18. The molecule has 2 aromatic rings. The molecule has 0 amide bonds. The Morgan fingerprint density at radius 3 is 2.27 bits per heavy atom. The van der Waals surface area contributed by atoms with E-state index in [4.69, 9.17) is 4.74 Å². The SMILES string of the molecule is C=Cc1ccc(C(=O)Oc2c(I)cc(I)cc2C(=O)OCC(F)(F)S(=O)(=O)[O-])cc1.